The summed E-state index contributed by atoms with van der Waals surface area (Å²) in [5.74, 6) is -1.43. The fraction of sp³-hybridized carbons (Fsp3) is 0.462. The third-order valence-electron chi connectivity index (χ3n) is 3.55. The second-order valence-electron chi connectivity index (χ2n) is 4.90. The van der Waals surface area contributed by atoms with Crippen LogP contribution in [0.4, 0.5) is 24.5 Å². The van der Waals surface area contributed by atoms with Gasteiger partial charge in [-0.05, 0) is 25.0 Å². The number of nitrogens with zero attached hydrogens (tertiary/aromatic N) is 3. The van der Waals surface area contributed by atoms with E-state index in [1.54, 1.807) is 6.07 Å². The van der Waals surface area contributed by atoms with Crippen LogP contribution in [0.1, 0.15) is 18.4 Å². The van der Waals surface area contributed by atoms with E-state index in [1.165, 1.54) is 17.0 Å². The fourth-order valence-corrected chi connectivity index (χ4v) is 2.44. The number of nitro benzene ring substituents is 1. The minimum atomic E-state index is -4.27. The molecule has 0 aromatic heterocycles. The van der Waals surface area contributed by atoms with Crippen molar-refractivity contribution < 1.29 is 18.1 Å². The maximum atomic E-state index is 12.8. The van der Waals surface area contributed by atoms with E-state index in [0.29, 0.717) is 18.7 Å². The van der Waals surface area contributed by atoms with E-state index >= 15 is 0 Å². The van der Waals surface area contributed by atoms with Gasteiger partial charge in [-0.25, -0.2) is 0 Å². The third-order valence-corrected chi connectivity index (χ3v) is 3.55. The number of rotatable bonds is 2. The maximum Gasteiger partial charge on any atom is 0.393 e. The monoisotopic (exact) mass is 299 g/mol. The number of anilines is 1. The quantitative estimate of drug-likeness (QED) is 0.621. The lowest BCUT2D eigenvalue weighted by Crippen LogP contribution is -2.41. The van der Waals surface area contributed by atoms with Crippen molar-refractivity contribution in [3.63, 3.8) is 0 Å². The summed E-state index contributed by atoms with van der Waals surface area (Å²) in [7, 11) is 0. The molecule has 0 N–H and O–H groups in total. The zero-order valence-corrected chi connectivity index (χ0v) is 10.9. The van der Waals surface area contributed by atoms with Gasteiger partial charge in [-0.3, -0.25) is 10.1 Å². The van der Waals surface area contributed by atoms with Gasteiger partial charge in [-0.1, -0.05) is 0 Å². The average molecular weight is 299 g/mol. The van der Waals surface area contributed by atoms with E-state index in [0.717, 1.165) is 6.07 Å². The fourth-order valence-electron chi connectivity index (χ4n) is 2.44. The van der Waals surface area contributed by atoms with Crippen LogP contribution in [0.15, 0.2) is 18.2 Å². The van der Waals surface area contributed by atoms with Crippen LogP contribution in [-0.4, -0.2) is 24.2 Å². The number of hydrogen-bond acceptors (Lipinski definition) is 4. The Kier molecular flexibility index (Phi) is 4.02. The van der Waals surface area contributed by atoms with Crippen molar-refractivity contribution in [2.45, 2.75) is 19.0 Å². The van der Waals surface area contributed by atoms with Gasteiger partial charge in [0.05, 0.1) is 10.8 Å². The lowest BCUT2D eigenvalue weighted by molar-refractivity contribution is -0.385. The highest BCUT2D eigenvalue weighted by atomic mass is 19.4. The molecular weight excluding hydrogens is 287 g/mol. The van der Waals surface area contributed by atoms with Crippen molar-refractivity contribution in [1.82, 2.24) is 0 Å². The van der Waals surface area contributed by atoms with E-state index in [4.69, 9.17) is 5.26 Å². The predicted molar refractivity (Wildman–Crippen MR) is 68.8 cm³/mol. The molecule has 1 heterocycles. The molecule has 112 valence electrons. The Bertz CT molecular complexity index is 595. The van der Waals surface area contributed by atoms with Gasteiger partial charge in [0.1, 0.15) is 11.6 Å². The lowest BCUT2D eigenvalue weighted by atomic mass is 9.97. The van der Waals surface area contributed by atoms with E-state index in [2.05, 4.69) is 0 Å². The number of hydrogen-bond donors (Lipinski definition) is 0. The summed E-state index contributed by atoms with van der Waals surface area (Å²) in [6.07, 6.45) is -3.83. The first kappa shape index (κ1) is 15.1. The van der Waals surface area contributed by atoms with Crippen molar-refractivity contribution in [3.05, 3.63) is 33.9 Å². The van der Waals surface area contributed by atoms with Crippen LogP contribution in [0, 0.1) is 27.4 Å². The van der Waals surface area contributed by atoms with Crippen molar-refractivity contribution >= 4 is 11.4 Å². The van der Waals surface area contributed by atoms with Gasteiger partial charge in [0.15, 0.2) is 0 Å². The molecule has 1 fully saturated rings. The molecule has 0 saturated carbocycles. The van der Waals surface area contributed by atoms with Gasteiger partial charge in [0, 0.05) is 24.8 Å². The van der Waals surface area contributed by atoms with Crippen LogP contribution >= 0.6 is 0 Å². The molecule has 0 radical (unpaired) electrons. The Morgan fingerprint density at radius 1 is 1.43 bits per heavy atom. The first-order valence-electron chi connectivity index (χ1n) is 6.33. The summed E-state index contributed by atoms with van der Waals surface area (Å²) in [4.78, 5) is 11.7. The standard InChI is InChI=1S/C13H12F3N3O2/c14-13(15,16)10-2-1-5-18(8-10)11-4-3-9(7-17)12(6-11)19(20)21/h3-4,6,10H,1-2,5,8H2. The summed E-state index contributed by atoms with van der Waals surface area (Å²) in [5, 5.41) is 19.7. The smallest absolute Gasteiger partial charge is 0.371 e. The van der Waals surface area contributed by atoms with Crippen LogP contribution in [0.5, 0.6) is 0 Å². The van der Waals surface area contributed by atoms with Gasteiger partial charge >= 0.3 is 6.18 Å². The van der Waals surface area contributed by atoms with Gasteiger partial charge in [-0.2, -0.15) is 18.4 Å². The molecule has 0 aliphatic carbocycles. The largest absolute Gasteiger partial charge is 0.393 e. The van der Waals surface area contributed by atoms with Crippen molar-refractivity contribution in [1.29, 1.82) is 5.26 Å². The molecule has 2 rings (SSSR count). The summed E-state index contributed by atoms with van der Waals surface area (Å²) in [5.41, 5.74) is -0.146. The normalized spacial score (nSPS) is 19.1. The number of piperidine rings is 1. The number of nitro groups is 1. The summed E-state index contributed by atoms with van der Waals surface area (Å²) in [6.45, 7) is 0.197. The molecule has 0 amide bonds. The highest BCUT2D eigenvalue weighted by Crippen LogP contribution is 2.35. The topological polar surface area (TPSA) is 70.2 Å². The number of halogens is 3. The minimum Gasteiger partial charge on any atom is -0.371 e. The summed E-state index contributed by atoms with van der Waals surface area (Å²) < 4.78 is 38.3. The van der Waals surface area contributed by atoms with Crippen molar-refractivity contribution in [3.8, 4) is 6.07 Å². The molecule has 0 spiro atoms. The Hall–Kier alpha value is -2.30. The first-order valence-corrected chi connectivity index (χ1v) is 6.33. The second kappa shape index (κ2) is 5.60. The van der Waals surface area contributed by atoms with Crippen molar-refractivity contribution in [2.24, 2.45) is 5.92 Å². The van der Waals surface area contributed by atoms with Crippen LogP contribution < -0.4 is 4.90 Å². The molecule has 1 aromatic carbocycles. The number of nitriles is 1. The molecule has 0 bridgehead atoms. The third kappa shape index (κ3) is 3.24. The molecule has 1 unspecified atom stereocenters. The molecule has 1 aliphatic heterocycles. The van der Waals surface area contributed by atoms with Crippen LogP contribution in [0.3, 0.4) is 0 Å². The van der Waals surface area contributed by atoms with Crippen LogP contribution in [-0.2, 0) is 0 Å². The molecule has 1 saturated heterocycles. The highest BCUT2D eigenvalue weighted by molar-refractivity contribution is 5.60. The first-order chi connectivity index (χ1) is 9.82. The molecule has 1 atom stereocenters. The Morgan fingerprint density at radius 3 is 2.71 bits per heavy atom. The number of alkyl halides is 3. The summed E-state index contributed by atoms with van der Waals surface area (Å²) in [6, 6.07) is 5.58. The maximum absolute atomic E-state index is 12.8. The minimum absolute atomic E-state index is 0.0678. The predicted octanol–water partition coefficient (Wildman–Crippen LogP) is 3.25. The molecule has 5 nitrogen and oxygen atoms in total. The summed E-state index contributed by atoms with van der Waals surface area (Å²) >= 11 is 0. The Balaban J connectivity index is 2.28. The van der Waals surface area contributed by atoms with Gasteiger partial charge in [0.25, 0.3) is 5.69 Å². The van der Waals surface area contributed by atoms with Gasteiger partial charge in [-0.15, -0.1) is 0 Å². The molecule has 1 aromatic rings. The van der Waals surface area contributed by atoms with Crippen LogP contribution in [0.25, 0.3) is 0 Å². The van der Waals surface area contributed by atoms with E-state index in [-0.39, 0.29) is 24.2 Å². The number of benzene rings is 1. The molecule has 1 aliphatic rings. The zero-order valence-electron chi connectivity index (χ0n) is 10.9. The average Bonchev–Trinajstić information content (AvgIpc) is 2.45. The molecular formula is C13H12F3N3O2. The SMILES string of the molecule is N#Cc1ccc(N2CCCC(C(F)(F)F)C2)cc1[N+](=O)[O-]. The zero-order chi connectivity index (χ0) is 15.6. The second-order valence-corrected chi connectivity index (χ2v) is 4.90. The van der Waals surface area contributed by atoms with Crippen molar-refractivity contribution in [2.75, 3.05) is 18.0 Å². The van der Waals surface area contributed by atoms with Crippen LogP contribution in [0.2, 0.25) is 0 Å². The molecule has 8 heteroatoms. The Labute approximate surface area is 118 Å². The van der Waals surface area contributed by atoms with E-state index in [1.807, 2.05) is 0 Å². The van der Waals surface area contributed by atoms with Gasteiger partial charge < -0.3 is 4.90 Å². The lowest BCUT2D eigenvalue weighted by Gasteiger charge is -2.35. The van der Waals surface area contributed by atoms with E-state index in [9.17, 15) is 23.3 Å². The van der Waals surface area contributed by atoms with Gasteiger partial charge in [0.2, 0.25) is 0 Å². The molecule has 21 heavy (non-hydrogen) atoms. The Morgan fingerprint density at radius 2 is 2.14 bits per heavy atom. The van der Waals surface area contributed by atoms with E-state index < -0.39 is 17.0 Å². The highest BCUT2D eigenvalue weighted by Gasteiger charge is 2.42.